The van der Waals surface area contributed by atoms with Crippen LogP contribution in [0.4, 0.5) is 5.95 Å². The standard InChI is InChI=1S/C21H22N4O/c22-12-17-7-1-2-8-18(17)14-25-20-10-4-3-9-19(20)23-21(25)24-11-5-6-16(13-24)15-26/h1-4,7-10,16,26H,5-6,11,13-15H2/t16-/m1/s1. The van der Waals surface area contributed by atoms with Crippen LogP contribution >= 0.6 is 0 Å². The predicted molar refractivity (Wildman–Crippen MR) is 102 cm³/mol. The maximum atomic E-state index is 9.58. The maximum Gasteiger partial charge on any atom is 0.206 e. The number of aliphatic hydroxyl groups is 1. The molecule has 4 rings (SSSR count). The Kier molecular flexibility index (Phi) is 4.59. The Morgan fingerprint density at radius 1 is 1.15 bits per heavy atom. The average Bonchev–Trinajstić information content (AvgIpc) is 3.07. The third-order valence-electron chi connectivity index (χ3n) is 5.16. The molecule has 0 unspecified atom stereocenters. The largest absolute Gasteiger partial charge is 0.396 e. The van der Waals surface area contributed by atoms with Crippen LogP contribution in [0.2, 0.25) is 0 Å². The lowest BCUT2D eigenvalue weighted by atomic mass is 9.99. The number of fused-ring (bicyclic) bond motifs is 1. The molecule has 1 N–H and O–H groups in total. The minimum absolute atomic E-state index is 0.216. The SMILES string of the molecule is N#Cc1ccccc1Cn1c(N2CCC[C@@H](CO)C2)nc2ccccc21. The van der Waals surface area contributed by atoms with Crippen molar-refractivity contribution in [2.45, 2.75) is 19.4 Å². The second-order valence-electron chi connectivity index (χ2n) is 6.89. The van der Waals surface area contributed by atoms with E-state index in [2.05, 4.69) is 21.6 Å². The number of hydrogen-bond donors (Lipinski definition) is 1. The molecule has 0 radical (unpaired) electrons. The van der Waals surface area contributed by atoms with Gasteiger partial charge in [0.05, 0.1) is 29.2 Å². The molecular weight excluding hydrogens is 324 g/mol. The summed E-state index contributed by atoms with van der Waals surface area (Å²) in [5, 5.41) is 19.0. The van der Waals surface area contributed by atoms with Gasteiger partial charge in [0.15, 0.2) is 0 Å². The molecule has 5 nitrogen and oxygen atoms in total. The van der Waals surface area contributed by atoms with Gasteiger partial charge in [-0.1, -0.05) is 30.3 Å². The summed E-state index contributed by atoms with van der Waals surface area (Å²) in [6.07, 6.45) is 2.12. The van der Waals surface area contributed by atoms with E-state index in [1.54, 1.807) is 0 Å². The van der Waals surface area contributed by atoms with Gasteiger partial charge in [-0.05, 0) is 42.5 Å². The average molecular weight is 346 g/mol. The molecule has 1 aliphatic rings. The van der Waals surface area contributed by atoms with Crippen LogP contribution in [-0.4, -0.2) is 34.4 Å². The van der Waals surface area contributed by atoms with Crippen LogP contribution in [0.15, 0.2) is 48.5 Å². The molecule has 1 aliphatic heterocycles. The molecule has 0 aliphatic carbocycles. The van der Waals surface area contributed by atoms with Gasteiger partial charge in [0.1, 0.15) is 0 Å². The highest BCUT2D eigenvalue weighted by molar-refractivity contribution is 5.79. The molecule has 26 heavy (non-hydrogen) atoms. The van der Waals surface area contributed by atoms with E-state index in [4.69, 9.17) is 4.98 Å². The smallest absolute Gasteiger partial charge is 0.206 e. The zero-order valence-electron chi connectivity index (χ0n) is 14.7. The number of anilines is 1. The highest BCUT2D eigenvalue weighted by Gasteiger charge is 2.24. The number of aliphatic hydroxyl groups excluding tert-OH is 1. The fourth-order valence-electron chi connectivity index (χ4n) is 3.79. The van der Waals surface area contributed by atoms with E-state index in [-0.39, 0.29) is 6.61 Å². The Morgan fingerprint density at radius 2 is 1.96 bits per heavy atom. The van der Waals surface area contributed by atoms with Crippen molar-refractivity contribution in [3.8, 4) is 6.07 Å². The summed E-state index contributed by atoms with van der Waals surface area (Å²) in [5.41, 5.74) is 3.72. The topological polar surface area (TPSA) is 65.1 Å². The van der Waals surface area contributed by atoms with E-state index in [0.717, 1.165) is 48.5 Å². The van der Waals surface area contributed by atoms with Crippen LogP contribution in [0, 0.1) is 17.2 Å². The first-order chi connectivity index (χ1) is 12.8. The van der Waals surface area contributed by atoms with Crippen LogP contribution in [0.3, 0.4) is 0 Å². The van der Waals surface area contributed by atoms with Gasteiger partial charge in [0, 0.05) is 19.7 Å². The third kappa shape index (κ3) is 3.04. The quantitative estimate of drug-likeness (QED) is 0.788. The number of rotatable bonds is 4. The number of piperidine rings is 1. The van der Waals surface area contributed by atoms with Crippen LogP contribution in [0.5, 0.6) is 0 Å². The predicted octanol–water partition coefficient (Wildman–Crippen LogP) is 3.16. The Hall–Kier alpha value is -2.84. The highest BCUT2D eigenvalue weighted by atomic mass is 16.3. The first-order valence-corrected chi connectivity index (χ1v) is 9.09. The monoisotopic (exact) mass is 346 g/mol. The van der Waals surface area contributed by atoms with E-state index in [9.17, 15) is 10.4 Å². The highest BCUT2D eigenvalue weighted by Crippen LogP contribution is 2.28. The van der Waals surface area contributed by atoms with Gasteiger partial charge in [-0.3, -0.25) is 0 Å². The van der Waals surface area contributed by atoms with Gasteiger partial charge in [0.25, 0.3) is 0 Å². The molecule has 0 spiro atoms. The molecule has 0 amide bonds. The number of hydrogen-bond acceptors (Lipinski definition) is 4. The minimum atomic E-state index is 0.216. The van der Waals surface area contributed by atoms with E-state index < -0.39 is 0 Å². The van der Waals surface area contributed by atoms with Gasteiger partial charge in [-0.15, -0.1) is 0 Å². The molecule has 1 fully saturated rings. The summed E-state index contributed by atoms with van der Waals surface area (Å²) in [6, 6.07) is 18.1. The molecule has 0 saturated carbocycles. The number of para-hydroxylation sites is 2. The van der Waals surface area contributed by atoms with Crippen molar-refractivity contribution in [2.75, 3.05) is 24.6 Å². The number of nitrogens with zero attached hydrogens (tertiary/aromatic N) is 4. The first kappa shape index (κ1) is 16.6. The Balaban J connectivity index is 1.78. The van der Waals surface area contributed by atoms with Gasteiger partial charge < -0.3 is 14.6 Å². The normalized spacial score (nSPS) is 17.4. The summed E-state index contributed by atoms with van der Waals surface area (Å²) in [6.45, 7) is 2.59. The molecule has 132 valence electrons. The summed E-state index contributed by atoms with van der Waals surface area (Å²) >= 11 is 0. The lowest BCUT2D eigenvalue weighted by Crippen LogP contribution is -2.38. The van der Waals surface area contributed by atoms with Crippen LogP contribution in [0.25, 0.3) is 11.0 Å². The Morgan fingerprint density at radius 3 is 2.81 bits per heavy atom. The second-order valence-corrected chi connectivity index (χ2v) is 6.89. The minimum Gasteiger partial charge on any atom is -0.396 e. The van der Waals surface area contributed by atoms with Crippen molar-refractivity contribution < 1.29 is 5.11 Å². The number of benzene rings is 2. The zero-order chi connectivity index (χ0) is 17.9. The van der Waals surface area contributed by atoms with Crippen molar-refractivity contribution in [2.24, 2.45) is 5.92 Å². The molecule has 2 aromatic carbocycles. The van der Waals surface area contributed by atoms with Gasteiger partial charge in [0.2, 0.25) is 5.95 Å². The van der Waals surface area contributed by atoms with E-state index >= 15 is 0 Å². The van der Waals surface area contributed by atoms with Gasteiger partial charge >= 0.3 is 0 Å². The lowest BCUT2D eigenvalue weighted by molar-refractivity contribution is 0.208. The number of imidazole rings is 1. The third-order valence-corrected chi connectivity index (χ3v) is 5.16. The van der Waals surface area contributed by atoms with Crippen molar-refractivity contribution in [3.63, 3.8) is 0 Å². The lowest BCUT2D eigenvalue weighted by Gasteiger charge is -2.33. The second kappa shape index (κ2) is 7.19. The summed E-state index contributed by atoms with van der Waals surface area (Å²) in [4.78, 5) is 7.16. The summed E-state index contributed by atoms with van der Waals surface area (Å²) in [5.74, 6) is 1.22. The molecule has 3 aromatic rings. The first-order valence-electron chi connectivity index (χ1n) is 9.09. The molecule has 1 aromatic heterocycles. The summed E-state index contributed by atoms with van der Waals surface area (Å²) < 4.78 is 2.20. The van der Waals surface area contributed by atoms with Crippen molar-refractivity contribution >= 4 is 17.0 Å². The molecule has 0 bridgehead atoms. The van der Waals surface area contributed by atoms with Crippen LogP contribution < -0.4 is 4.90 Å². The maximum absolute atomic E-state index is 9.58. The van der Waals surface area contributed by atoms with E-state index in [1.165, 1.54) is 0 Å². The molecule has 1 saturated heterocycles. The van der Waals surface area contributed by atoms with Crippen molar-refractivity contribution in [1.29, 1.82) is 5.26 Å². The molecule has 2 heterocycles. The van der Waals surface area contributed by atoms with E-state index in [0.29, 0.717) is 18.0 Å². The van der Waals surface area contributed by atoms with Crippen molar-refractivity contribution in [3.05, 3.63) is 59.7 Å². The summed E-state index contributed by atoms with van der Waals surface area (Å²) in [7, 11) is 0. The molecular formula is C21H22N4O. The molecule has 5 heteroatoms. The van der Waals surface area contributed by atoms with Crippen LogP contribution in [-0.2, 0) is 6.54 Å². The van der Waals surface area contributed by atoms with Gasteiger partial charge in [-0.25, -0.2) is 4.98 Å². The number of aromatic nitrogens is 2. The zero-order valence-corrected chi connectivity index (χ0v) is 14.7. The molecule has 1 atom stereocenters. The number of nitriles is 1. The van der Waals surface area contributed by atoms with Gasteiger partial charge in [-0.2, -0.15) is 5.26 Å². The Bertz CT molecular complexity index is 956. The van der Waals surface area contributed by atoms with E-state index in [1.807, 2.05) is 42.5 Å². The van der Waals surface area contributed by atoms with Crippen molar-refractivity contribution in [1.82, 2.24) is 9.55 Å². The Labute approximate surface area is 153 Å². The fraction of sp³-hybridized carbons (Fsp3) is 0.333. The van der Waals surface area contributed by atoms with Crippen LogP contribution in [0.1, 0.15) is 24.0 Å². The fourth-order valence-corrected chi connectivity index (χ4v) is 3.79.